The molecule has 0 N–H and O–H groups in total. The van der Waals surface area contributed by atoms with Crippen molar-refractivity contribution in [3.05, 3.63) is 35.9 Å². The topological polar surface area (TPSA) is 50.1 Å². The van der Waals surface area contributed by atoms with Crippen molar-refractivity contribution in [3.63, 3.8) is 0 Å². The molecule has 2 atom stereocenters. The van der Waals surface area contributed by atoms with E-state index in [0.29, 0.717) is 6.42 Å². The fourth-order valence-electron chi connectivity index (χ4n) is 2.73. The highest BCUT2D eigenvalue weighted by molar-refractivity contribution is 5.71. The molecule has 108 valence electrons. The summed E-state index contributed by atoms with van der Waals surface area (Å²) in [4.78, 5) is 11.6. The van der Waals surface area contributed by atoms with E-state index in [2.05, 4.69) is 25.1 Å². The van der Waals surface area contributed by atoms with Gasteiger partial charge in [-0.25, -0.2) is 0 Å². The molecule has 3 heteroatoms. The van der Waals surface area contributed by atoms with E-state index < -0.39 is 0 Å². The van der Waals surface area contributed by atoms with Crippen LogP contribution < -0.4 is 0 Å². The molecular weight excluding hydrogens is 250 g/mol. The highest BCUT2D eigenvalue weighted by Crippen LogP contribution is 2.35. The van der Waals surface area contributed by atoms with Crippen LogP contribution in [0.1, 0.15) is 38.7 Å². The van der Waals surface area contributed by atoms with Gasteiger partial charge in [0.1, 0.15) is 0 Å². The zero-order chi connectivity index (χ0) is 15.0. The van der Waals surface area contributed by atoms with Crippen molar-refractivity contribution in [2.24, 2.45) is 11.3 Å². The average Bonchev–Trinajstić information content (AvgIpc) is 2.45. The highest BCUT2D eigenvalue weighted by Gasteiger charge is 2.29. The predicted octanol–water partition coefficient (Wildman–Crippen LogP) is 3.74. The van der Waals surface area contributed by atoms with Crippen molar-refractivity contribution >= 4 is 5.97 Å². The standard InChI is InChI=1S/C17H23NO2/c1-14(16(19)20-3)12-17(2,10-7-11-18)13-15-8-5-4-6-9-15/h4-6,8-9,14H,7,10,12-13H2,1-3H3. The van der Waals surface area contributed by atoms with E-state index in [9.17, 15) is 4.79 Å². The molecule has 0 aliphatic carbocycles. The Morgan fingerprint density at radius 3 is 2.60 bits per heavy atom. The van der Waals surface area contributed by atoms with Gasteiger partial charge in [-0.3, -0.25) is 4.79 Å². The van der Waals surface area contributed by atoms with Gasteiger partial charge in [-0.2, -0.15) is 5.26 Å². The first-order valence-corrected chi connectivity index (χ1v) is 6.99. The zero-order valence-electron chi connectivity index (χ0n) is 12.6. The second kappa shape index (κ2) is 7.69. The number of carbonyl (C=O) groups is 1. The van der Waals surface area contributed by atoms with Crippen LogP contribution in [0.2, 0.25) is 0 Å². The summed E-state index contributed by atoms with van der Waals surface area (Å²) < 4.78 is 4.81. The van der Waals surface area contributed by atoms with Gasteiger partial charge in [0.05, 0.1) is 19.1 Å². The summed E-state index contributed by atoms with van der Waals surface area (Å²) in [6.45, 7) is 4.04. The van der Waals surface area contributed by atoms with Crippen LogP contribution in [0.3, 0.4) is 0 Å². The van der Waals surface area contributed by atoms with Crippen LogP contribution in [0, 0.1) is 22.7 Å². The van der Waals surface area contributed by atoms with Crippen molar-refractivity contribution in [1.29, 1.82) is 5.26 Å². The first-order valence-electron chi connectivity index (χ1n) is 6.99. The maximum Gasteiger partial charge on any atom is 0.308 e. The Balaban J connectivity index is 2.80. The molecule has 1 aromatic rings. The molecule has 2 unspecified atom stereocenters. The van der Waals surface area contributed by atoms with Crippen LogP contribution in [0.15, 0.2) is 30.3 Å². The van der Waals surface area contributed by atoms with Gasteiger partial charge >= 0.3 is 5.97 Å². The minimum Gasteiger partial charge on any atom is -0.469 e. The third-order valence-electron chi connectivity index (χ3n) is 3.72. The summed E-state index contributed by atoms with van der Waals surface area (Å²) in [6, 6.07) is 12.4. The Bertz CT molecular complexity index is 464. The van der Waals surface area contributed by atoms with Gasteiger partial charge in [-0.1, -0.05) is 44.2 Å². The largest absolute Gasteiger partial charge is 0.469 e. The van der Waals surface area contributed by atoms with Crippen LogP contribution >= 0.6 is 0 Å². The molecule has 1 rings (SSSR count). The summed E-state index contributed by atoms with van der Waals surface area (Å²) >= 11 is 0. The summed E-state index contributed by atoms with van der Waals surface area (Å²) in [6.07, 6.45) is 2.91. The van der Waals surface area contributed by atoms with E-state index in [4.69, 9.17) is 10.00 Å². The average molecular weight is 273 g/mol. The van der Waals surface area contributed by atoms with Crippen molar-refractivity contribution in [2.75, 3.05) is 7.11 Å². The van der Waals surface area contributed by atoms with E-state index in [0.717, 1.165) is 19.3 Å². The molecule has 0 fully saturated rings. The van der Waals surface area contributed by atoms with E-state index >= 15 is 0 Å². The number of nitrogens with zero attached hydrogens (tertiary/aromatic N) is 1. The van der Waals surface area contributed by atoms with Crippen LogP contribution in [-0.2, 0) is 16.0 Å². The molecule has 0 aliphatic rings. The fourth-order valence-corrected chi connectivity index (χ4v) is 2.73. The Hall–Kier alpha value is -1.82. The first kappa shape index (κ1) is 16.2. The molecule has 0 aliphatic heterocycles. The van der Waals surface area contributed by atoms with Crippen LogP contribution in [0.4, 0.5) is 0 Å². The Morgan fingerprint density at radius 1 is 1.40 bits per heavy atom. The van der Waals surface area contributed by atoms with E-state index in [1.54, 1.807) is 0 Å². The first-order chi connectivity index (χ1) is 9.50. The molecule has 0 saturated heterocycles. The number of benzene rings is 1. The fraction of sp³-hybridized carbons (Fsp3) is 0.529. The number of carbonyl (C=O) groups excluding carboxylic acids is 1. The normalized spacial score (nSPS) is 14.9. The monoisotopic (exact) mass is 273 g/mol. The van der Waals surface area contributed by atoms with Gasteiger partial charge in [-0.05, 0) is 30.2 Å². The lowest BCUT2D eigenvalue weighted by Crippen LogP contribution is -2.26. The van der Waals surface area contributed by atoms with Crippen LogP contribution in [0.25, 0.3) is 0 Å². The van der Waals surface area contributed by atoms with E-state index in [-0.39, 0.29) is 17.3 Å². The van der Waals surface area contributed by atoms with Gasteiger partial charge < -0.3 is 4.74 Å². The molecule has 0 aromatic heterocycles. The second-order valence-corrected chi connectivity index (χ2v) is 5.76. The summed E-state index contributed by atoms with van der Waals surface area (Å²) in [5.74, 6) is -0.325. The lowest BCUT2D eigenvalue weighted by Gasteiger charge is -2.31. The van der Waals surface area contributed by atoms with Gasteiger partial charge in [0, 0.05) is 6.42 Å². The number of esters is 1. The van der Waals surface area contributed by atoms with E-state index in [1.165, 1.54) is 12.7 Å². The summed E-state index contributed by atoms with van der Waals surface area (Å²) in [5, 5.41) is 8.84. The van der Waals surface area contributed by atoms with Gasteiger partial charge in [0.15, 0.2) is 0 Å². The highest BCUT2D eigenvalue weighted by atomic mass is 16.5. The smallest absolute Gasteiger partial charge is 0.308 e. The summed E-state index contributed by atoms with van der Waals surface area (Å²) in [5.41, 5.74) is 1.18. The van der Waals surface area contributed by atoms with Crippen molar-refractivity contribution in [2.45, 2.75) is 39.5 Å². The second-order valence-electron chi connectivity index (χ2n) is 5.76. The van der Waals surface area contributed by atoms with Gasteiger partial charge in [0.25, 0.3) is 0 Å². The third-order valence-corrected chi connectivity index (χ3v) is 3.72. The summed E-state index contributed by atoms with van der Waals surface area (Å²) in [7, 11) is 1.42. The Kier molecular flexibility index (Phi) is 6.24. The molecule has 0 bridgehead atoms. The van der Waals surface area contributed by atoms with E-state index in [1.807, 2.05) is 25.1 Å². The number of hydrogen-bond acceptors (Lipinski definition) is 3. The molecule has 0 spiro atoms. The minimum absolute atomic E-state index is 0.0648. The van der Waals surface area contributed by atoms with Crippen LogP contribution in [0.5, 0.6) is 0 Å². The molecule has 20 heavy (non-hydrogen) atoms. The number of nitriles is 1. The van der Waals surface area contributed by atoms with Crippen molar-refractivity contribution in [1.82, 2.24) is 0 Å². The van der Waals surface area contributed by atoms with Crippen LogP contribution in [-0.4, -0.2) is 13.1 Å². The predicted molar refractivity (Wildman–Crippen MR) is 78.9 cm³/mol. The molecule has 1 aromatic carbocycles. The lowest BCUT2D eigenvalue weighted by molar-refractivity contribution is -0.146. The molecular formula is C17H23NO2. The number of hydrogen-bond donors (Lipinski definition) is 0. The molecule has 3 nitrogen and oxygen atoms in total. The third kappa shape index (κ3) is 5.05. The molecule has 0 amide bonds. The van der Waals surface area contributed by atoms with Gasteiger partial charge in [-0.15, -0.1) is 0 Å². The Morgan fingerprint density at radius 2 is 2.05 bits per heavy atom. The maximum absolute atomic E-state index is 11.6. The number of methoxy groups -OCH3 is 1. The number of rotatable bonds is 7. The zero-order valence-corrected chi connectivity index (χ0v) is 12.6. The van der Waals surface area contributed by atoms with Crippen molar-refractivity contribution in [3.8, 4) is 6.07 Å². The molecule has 0 heterocycles. The van der Waals surface area contributed by atoms with Gasteiger partial charge in [0.2, 0.25) is 0 Å². The van der Waals surface area contributed by atoms with Crippen molar-refractivity contribution < 1.29 is 9.53 Å². The SMILES string of the molecule is COC(=O)C(C)CC(C)(CCC#N)Cc1ccccc1. The quantitative estimate of drug-likeness (QED) is 0.711. The maximum atomic E-state index is 11.6. The minimum atomic E-state index is -0.179. The number of ether oxygens (including phenoxy) is 1. The molecule has 0 radical (unpaired) electrons. The lowest BCUT2D eigenvalue weighted by atomic mass is 9.73. The Labute approximate surface area is 121 Å². The molecule has 0 saturated carbocycles.